The number of ether oxygens (including phenoxy) is 1. The summed E-state index contributed by atoms with van der Waals surface area (Å²) in [6.45, 7) is 3.29. The molecule has 4 aromatic rings. The SMILES string of the molecule is COc1ccc2c(c1)C=C(c1c(C(=O)N3[C@@H]4CC[C@H]3C[C@@](C)(O)C4)cnn1CC(F)(F)F)Cn1c-2c(C2CCCCC2)c2ccc(C(=O)NS(=O)(=O)C(C)C)cc21. The molecule has 2 bridgehead atoms. The number of fused-ring (bicyclic) bond motifs is 7. The first-order valence-corrected chi connectivity index (χ1v) is 21.3. The zero-order valence-corrected chi connectivity index (χ0v) is 33.3. The van der Waals surface area contributed by atoms with Crippen molar-refractivity contribution in [1.82, 2.24) is 24.0 Å². The molecule has 3 aliphatic heterocycles. The number of nitrogens with zero attached hydrogens (tertiary/aromatic N) is 4. The maximum atomic E-state index is 14.7. The zero-order valence-electron chi connectivity index (χ0n) is 32.5. The van der Waals surface area contributed by atoms with E-state index < -0.39 is 45.4 Å². The molecule has 8 rings (SSSR count). The first-order valence-electron chi connectivity index (χ1n) is 19.7. The number of amides is 2. The number of benzene rings is 2. The first kappa shape index (κ1) is 39.2. The lowest BCUT2D eigenvalue weighted by Crippen LogP contribution is -2.52. The number of carbonyl (C=O) groups is 2. The lowest BCUT2D eigenvalue weighted by atomic mass is 9.81. The molecule has 5 heterocycles. The van der Waals surface area contributed by atoms with Crippen LogP contribution in [0, 0.1) is 0 Å². The number of allylic oxidation sites excluding steroid dienone is 1. The van der Waals surface area contributed by atoms with E-state index in [0.717, 1.165) is 59.0 Å². The number of hydrogen-bond acceptors (Lipinski definition) is 7. The predicted octanol–water partition coefficient (Wildman–Crippen LogP) is 7.66. The third-order valence-electron chi connectivity index (χ3n) is 12.3. The van der Waals surface area contributed by atoms with Crippen molar-refractivity contribution < 1.29 is 41.0 Å². The van der Waals surface area contributed by atoms with Crippen molar-refractivity contribution in [2.45, 2.75) is 127 Å². The number of rotatable bonds is 8. The number of halogens is 3. The second-order valence-corrected chi connectivity index (χ2v) is 19.0. The Morgan fingerprint density at radius 1 is 1.02 bits per heavy atom. The summed E-state index contributed by atoms with van der Waals surface area (Å²) >= 11 is 0. The largest absolute Gasteiger partial charge is 0.497 e. The minimum atomic E-state index is -4.66. The molecular weight excluding hydrogens is 760 g/mol. The van der Waals surface area contributed by atoms with E-state index in [1.807, 2.05) is 34.9 Å². The van der Waals surface area contributed by atoms with Gasteiger partial charge in [-0.3, -0.25) is 14.3 Å². The molecule has 2 N–H and O–H groups in total. The fourth-order valence-electron chi connectivity index (χ4n) is 9.73. The van der Waals surface area contributed by atoms with Crippen LogP contribution in [0.5, 0.6) is 5.75 Å². The standard InChI is InChI=1S/C42H48F3N5O6S/c1-24(2)57(54,55)47-39(51)26-10-14-33-35(18-26)48-22-28(16-27-17-31(56-4)13-15-32(27)38(48)36(33)25-8-6-5-7-9-25)37-34(21-46-49(37)23-42(43,44)45)40(52)50-29-11-12-30(50)20-41(3,53)19-29/h10,13-18,21,24-25,29-30,53H,5-9,11-12,19-20,22-23H2,1-4H3,(H,47,51)/t29-,30+,41+. The van der Waals surface area contributed by atoms with Gasteiger partial charge in [-0.25, -0.2) is 13.1 Å². The summed E-state index contributed by atoms with van der Waals surface area (Å²) in [4.78, 5) is 29.9. The normalized spacial score (nSPS) is 22.6. The number of carbonyl (C=O) groups excluding carboxylic acids is 2. The Kier molecular flexibility index (Phi) is 9.86. The number of aromatic nitrogens is 3. The van der Waals surface area contributed by atoms with E-state index in [4.69, 9.17) is 4.74 Å². The van der Waals surface area contributed by atoms with Crippen LogP contribution in [-0.4, -0.2) is 80.8 Å². The number of piperidine rings is 1. The molecule has 0 spiro atoms. The predicted molar refractivity (Wildman–Crippen MR) is 210 cm³/mol. The molecule has 2 saturated heterocycles. The van der Waals surface area contributed by atoms with Crippen LogP contribution in [0.1, 0.15) is 122 Å². The first-order chi connectivity index (χ1) is 26.9. The van der Waals surface area contributed by atoms with Crippen molar-refractivity contribution in [2.24, 2.45) is 0 Å². The van der Waals surface area contributed by atoms with Crippen LogP contribution < -0.4 is 9.46 Å². The lowest BCUT2D eigenvalue weighted by Gasteiger charge is -2.42. The van der Waals surface area contributed by atoms with E-state index in [1.165, 1.54) is 20.0 Å². The van der Waals surface area contributed by atoms with E-state index in [9.17, 15) is 36.3 Å². The molecule has 0 radical (unpaired) electrons. The van der Waals surface area contributed by atoms with E-state index in [0.29, 0.717) is 48.1 Å². The molecule has 3 fully saturated rings. The van der Waals surface area contributed by atoms with Gasteiger partial charge in [0.2, 0.25) is 10.0 Å². The summed E-state index contributed by atoms with van der Waals surface area (Å²) in [6.07, 6.45) is 5.50. The Labute approximate surface area is 329 Å². The Morgan fingerprint density at radius 2 is 1.72 bits per heavy atom. The summed E-state index contributed by atoms with van der Waals surface area (Å²) in [6, 6.07) is 10.2. The maximum absolute atomic E-state index is 14.7. The summed E-state index contributed by atoms with van der Waals surface area (Å²) in [7, 11) is -2.41. The molecule has 2 aromatic carbocycles. The highest BCUT2D eigenvalue weighted by atomic mass is 32.2. The number of aliphatic hydroxyl groups is 1. The molecule has 2 amide bonds. The number of alkyl halides is 3. The van der Waals surface area contributed by atoms with Gasteiger partial charge in [-0.1, -0.05) is 25.3 Å². The lowest BCUT2D eigenvalue weighted by molar-refractivity contribution is -0.142. The number of sulfonamides is 1. The third kappa shape index (κ3) is 7.26. The molecule has 57 heavy (non-hydrogen) atoms. The van der Waals surface area contributed by atoms with Gasteiger partial charge < -0.3 is 19.3 Å². The minimum absolute atomic E-state index is 0.0102. The van der Waals surface area contributed by atoms with Gasteiger partial charge >= 0.3 is 6.18 Å². The van der Waals surface area contributed by atoms with Gasteiger partial charge in [0.15, 0.2) is 0 Å². The van der Waals surface area contributed by atoms with Crippen LogP contribution in [-0.2, 0) is 23.1 Å². The molecule has 15 heteroatoms. The highest BCUT2D eigenvalue weighted by Crippen LogP contribution is 2.49. The van der Waals surface area contributed by atoms with Gasteiger partial charge in [-0.05, 0) is 118 Å². The van der Waals surface area contributed by atoms with Gasteiger partial charge in [0.25, 0.3) is 11.8 Å². The molecule has 1 aliphatic carbocycles. The Morgan fingerprint density at radius 3 is 2.37 bits per heavy atom. The third-order valence-corrected chi connectivity index (χ3v) is 14.0. The molecule has 11 nitrogen and oxygen atoms in total. The van der Waals surface area contributed by atoms with Crippen LogP contribution in [0.15, 0.2) is 42.6 Å². The van der Waals surface area contributed by atoms with Gasteiger partial charge in [0.05, 0.1) is 47.7 Å². The summed E-state index contributed by atoms with van der Waals surface area (Å²) in [5.41, 5.74) is 3.64. The van der Waals surface area contributed by atoms with E-state index in [-0.39, 0.29) is 41.4 Å². The van der Waals surface area contributed by atoms with Crippen molar-refractivity contribution in [3.63, 3.8) is 0 Å². The molecule has 0 unspecified atom stereocenters. The van der Waals surface area contributed by atoms with Crippen LogP contribution in [0.3, 0.4) is 0 Å². The Bertz CT molecular complexity index is 2390. The van der Waals surface area contributed by atoms with Crippen molar-refractivity contribution in [1.29, 1.82) is 0 Å². The average Bonchev–Trinajstić information content (AvgIpc) is 3.75. The van der Waals surface area contributed by atoms with Crippen LogP contribution in [0.25, 0.3) is 33.8 Å². The Balaban J connectivity index is 1.35. The molecule has 3 atom stereocenters. The molecule has 2 aromatic heterocycles. The highest BCUT2D eigenvalue weighted by Gasteiger charge is 2.48. The number of methoxy groups -OCH3 is 1. The summed E-state index contributed by atoms with van der Waals surface area (Å²) in [5.74, 6) is -0.533. The maximum Gasteiger partial charge on any atom is 0.408 e. The number of nitrogens with one attached hydrogen (secondary N) is 1. The molecule has 1 saturated carbocycles. The Hall–Kier alpha value is -4.63. The second-order valence-electron chi connectivity index (χ2n) is 16.7. The van der Waals surface area contributed by atoms with E-state index in [2.05, 4.69) is 9.82 Å². The fraction of sp³-hybridized carbons (Fsp3) is 0.500. The van der Waals surface area contributed by atoms with Gasteiger partial charge in [0, 0.05) is 34.1 Å². The topological polar surface area (TPSA) is 136 Å². The average molecular weight is 808 g/mol. The summed E-state index contributed by atoms with van der Waals surface area (Å²) in [5, 5.41) is 15.2. The van der Waals surface area contributed by atoms with Crippen LogP contribution in [0.2, 0.25) is 0 Å². The van der Waals surface area contributed by atoms with Crippen molar-refractivity contribution in [2.75, 3.05) is 7.11 Å². The molecule has 4 aliphatic rings. The number of hydrogen-bond donors (Lipinski definition) is 2. The van der Waals surface area contributed by atoms with Gasteiger partial charge in [-0.2, -0.15) is 18.3 Å². The quantitative estimate of drug-likeness (QED) is 0.187. The van der Waals surface area contributed by atoms with Crippen molar-refractivity contribution >= 4 is 44.4 Å². The molecule has 304 valence electrons. The van der Waals surface area contributed by atoms with Crippen molar-refractivity contribution in [3.8, 4) is 17.0 Å². The van der Waals surface area contributed by atoms with Gasteiger partial charge in [-0.15, -0.1) is 0 Å². The van der Waals surface area contributed by atoms with E-state index >= 15 is 0 Å². The van der Waals surface area contributed by atoms with Crippen LogP contribution in [0.4, 0.5) is 13.2 Å². The van der Waals surface area contributed by atoms with Crippen LogP contribution >= 0.6 is 0 Å². The second kappa shape index (κ2) is 14.3. The zero-order chi connectivity index (χ0) is 40.6. The fourth-order valence-corrected chi connectivity index (χ4v) is 10.3. The smallest absolute Gasteiger partial charge is 0.408 e. The highest BCUT2D eigenvalue weighted by molar-refractivity contribution is 7.90. The monoisotopic (exact) mass is 807 g/mol. The van der Waals surface area contributed by atoms with E-state index in [1.54, 1.807) is 31.1 Å². The summed E-state index contributed by atoms with van der Waals surface area (Å²) < 4.78 is 79.2. The van der Waals surface area contributed by atoms with Crippen molar-refractivity contribution in [3.05, 3.63) is 70.5 Å². The molecular formula is C42H48F3N5O6S. The van der Waals surface area contributed by atoms with Gasteiger partial charge in [0.1, 0.15) is 12.3 Å². The minimum Gasteiger partial charge on any atom is -0.497 e.